The molecule has 2 aromatic carbocycles. The molecule has 0 unspecified atom stereocenters. The molecule has 1 N–H and O–H groups in total. The lowest BCUT2D eigenvalue weighted by Gasteiger charge is -2.12. The van der Waals surface area contributed by atoms with Gasteiger partial charge in [-0.2, -0.15) is 10.3 Å². The zero-order chi connectivity index (χ0) is 21.8. The number of hydrogen-bond acceptors (Lipinski definition) is 5. The zero-order valence-electron chi connectivity index (χ0n) is 18.4. The third-order valence-corrected chi connectivity index (χ3v) is 4.98. The summed E-state index contributed by atoms with van der Waals surface area (Å²) in [6.45, 7) is 9.19. The maximum absolute atomic E-state index is 4.79. The average Bonchev–Trinajstić information content (AvgIpc) is 3.43. The molecule has 2 aromatic heterocycles. The van der Waals surface area contributed by atoms with Crippen LogP contribution < -0.4 is 0 Å². The molecule has 0 spiro atoms. The highest BCUT2D eigenvalue weighted by molar-refractivity contribution is 5.80. The van der Waals surface area contributed by atoms with Crippen LogP contribution in [0.2, 0.25) is 0 Å². The lowest BCUT2D eigenvalue weighted by atomic mass is 9.96. The number of rotatable bonds is 6. The number of benzene rings is 2. The quantitative estimate of drug-likeness (QED) is 0.486. The number of hydrogen-bond donors (Lipinski definition) is 1. The van der Waals surface area contributed by atoms with Crippen LogP contribution in [0.4, 0.5) is 0 Å². The summed E-state index contributed by atoms with van der Waals surface area (Å²) in [6, 6.07) is 16.6. The van der Waals surface area contributed by atoms with Crippen molar-refractivity contribution >= 4 is 6.08 Å². The summed E-state index contributed by atoms with van der Waals surface area (Å²) in [5.74, 6) is 2.33. The monoisotopic (exact) mass is 413 g/mol. The van der Waals surface area contributed by atoms with Crippen molar-refractivity contribution < 1.29 is 0 Å². The van der Waals surface area contributed by atoms with E-state index in [1.54, 1.807) is 0 Å². The highest BCUT2D eigenvalue weighted by atomic mass is 15.5. The maximum atomic E-state index is 4.79. The van der Waals surface area contributed by atoms with Gasteiger partial charge in [0.05, 0.1) is 6.54 Å². The molecule has 0 saturated heterocycles. The predicted molar refractivity (Wildman–Crippen MR) is 122 cm³/mol. The highest BCUT2D eigenvalue weighted by Gasteiger charge is 2.21. The number of nitrogens with one attached hydrogen (secondary N) is 1. The van der Waals surface area contributed by atoms with E-state index in [4.69, 9.17) is 10.1 Å². The Bertz CT molecular complexity index is 1160. The van der Waals surface area contributed by atoms with Crippen LogP contribution in [0.1, 0.15) is 51.3 Å². The Kier molecular flexibility index (Phi) is 5.75. The number of nitrogens with zero attached hydrogens (tertiary/aromatic N) is 6. The first-order valence-corrected chi connectivity index (χ1v) is 10.5. The van der Waals surface area contributed by atoms with Crippen molar-refractivity contribution in [1.29, 1.82) is 0 Å². The van der Waals surface area contributed by atoms with Crippen LogP contribution in [-0.4, -0.2) is 35.4 Å². The molecule has 31 heavy (non-hydrogen) atoms. The van der Waals surface area contributed by atoms with Crippen molar-refractivity contribution in [2.75, 3.05) is 0 Å². The molecule has 0 amide bonds. The lowest BCUT2D eigenvalue weighted by Crippen LogP contribution is -2.14. The first-order valence-electron chi connectivity index (χ1n) is 10.5. The molecule has 0 aliphatic carbocycles. The molecular weight excluding hydrogens is 386 g/mol. The molecule has 0 aliphatic rings. The Hall–Kier alpha value is -3.61. The van der Waals surface area contributed by atoms with Crippen LogP contribution >= 0.6 is 0 Å². The lowest BCUT2D eigenvalue weighted by molar-refractivity contribution is 0.533. The van der Waals surface area contributed by atoms with E-state index in [2.05, 4.69) is 90.8 Å². The molecule has 0 fully saturated rings. The van der Waals surface area contributed by atoms with Crippen molar-refractivity contribution in [3.8, 4) is 22.5 Å². The van der Waals surface area contributed by atoms with Crippen LogP contribution in [0.25, 0.3) is 28.6 Å². The SMILES string of the molecule is CC/C=C/c1nc(C(C)(C)C)nn1Cc1ccc(-c2ccccc2-c2nn[nH]n2)cc1. The summed E-state index contributed by atoms with van der Waals surface area (Å²) < 4.78 is 1.98. The molecule has 158 valence electrons. The topological polar surface area (TPSA) is 85.2 Å². The zero-order valence-corrected chi connectivity index (χ0v) is 18.4. The molecule has 0 aliphatic heterocycles. The Labute approximate surface area is 182 Å². The summed E-state index contributed by atoms with van der Waals surface area (Å²) in [4.78, 5) is 4.76. The van der Waals surface area contributed by atoms with Gasteiger partial charge in [-0.3, -0.25) is 0 Å². The van der Waals surface area contributed by atoms with Crippen molar-refractivity contribution in [2.24, 2.45) is 0 Å². The van der Waals surface area contributed by atoms with Gasteiger partial charge in [-0.15, -0.1) is 10.2 Å². The number of aromatic nitrogens is 7. The smallest absolute Gasteiger partial charge is 0.205 e. The van der Waals surface area contributed by atoms with E-state index in [1.807, 2.05) is 22.9 Å². The van der Waals surface area contributed by atoms with Gasteiger partial charge in [-0.05, 0) is 34.4 Å². The third-order valence-electron chi connectivity index (χ3n) is 4.98. The maximum Gasteiger partial charge on any atom is 0.205 e. The summed E-state index contributed by atoms with van der Waals surface area (Å²) in [6.07, 6.45) is 5.13. The van der Waals surface area contributed by atoms with E-state index >= 15 is 0 Å². The van der Waals surface area contributed by atoms with E-state index < -0.39 is 0 Å². The van der Waals surface area contributed by atoms with Gasteiger partial charge in [0.2, 0.25) is 5.82 Å². The van der Waals surface area contributed by atoms with Crippen LogP contribution in [0.3, 0.4) is 0 Å². The Morgan fingerprint density at radius 3 is 2.39 bits per heavy atom. The predicted octanol–water partition coefficient (Wildman–Crippen LogP) is 4.89. The summed E-state index contributed by atoms with van der Waals surface area (Å²) in [5.41, 5.74) is 4.18. The molecule has 7 heteroatoms. The molecule has 0 saturated carbocycles. The first-order chi connectivity index (χ1) is 15.0. The summed E-state index contributed by atoms with van der Waals surface area (Å²) in [5, 5.41) is 19.3. The number of aromatic amines is 1. The van der Waals surface area contributed by atoms with Gasteiger partial charge in [0, 0.05) is 11.0 Å². The molecule has 7 nitrogen and oxygen atoms in total. The van der Waals surface area contributed by atoms with Gasteiger partial charge in [-0.25, -0.2) is 9.67 Å². The summed E-state index contributed by atoms with van der Waals surface area (Å²) >= 11 is 0. The molecular formula is C24H27N7. The van der Waals surface area contributed by atoms with Gasteiger partial charge in [0.1, 0.15) is 0 Å². The molecule has 0 radical (unpaired) electrons. The van der Waals surface area contributed by atoms with Gasteiger partial charge >= 0.3 is 0 Å². The van der Waals surface area contributed by atoms with Crippen LogP contribution in [-0.2, 0) is 12.0 Å². The van der Waals surface area contributed by atoms with Crippen LogP contribution in [0, 0.1) is 0 Å². The van der Waals surface area contributed by atoms with E-state index in [9.17, 15) is 0 Å². The second-order valence-electron chi connectivity index (χ2n) is 8.49. The van der Waals surface area contributed by atoms with Crippen molar-refractivity contribution in [3.63, 3.8) is 0 Å². The molecule has 0 bridgehead atoms. The first kappa shape index (κ1) is 20.7. The Morgan fingerprint density at radius 2 is 1.74 bits per heavy atom. The van der Waals surface area contributed by atoms with Gasteiger partial charge in [0.15, 0.2) is 11.6 Å². The minimum atomic E-state index is -0.0945. The van der Waals surface area contributed by atoms with Crippen molar-refractivity contribution in [3.05, 3.63) is 71.8 Å². The molecule has 4 aromatic rings. The normalized spacial score (nSPS) is 12.0. The fourth-order valence-electron chi connectivity index (χ4n) is 3.30. The van der Waals surface area contributed by atoms with E-state index in [1.165, 1.54) is 0 Å². The van der Waals surface area contributed by atoms with E-state index in [-0.39, 0.29) is 5.41 Å². The van der Waals surface area contributed by atoms with Crippen LogP contribution in [0.15, 0.2) is 54.6 Å². The third kappa shape index (κ3) is 4.60. The molecule has 0 atom stereocenters. The molecule has 2 heterocycles. The fraction of sp³-hybridized carbons (Fsp3) is 0.292. The van der Waals surface area contributed by atoms with Crippen LogP contribution in [0.5, 0.6) is 0 Å². The van der Waals surface area contributed by atoms with Crippen molar-refractivity contribution in [1.82, 2.24) is 35.4 Å². The Balaban J connectivity index is 1.62. The van der Waals surface area contributed by atoms with Gasteiger partial charge in [-0.1, -0.05) is 82.3 Å². The second kappa shape index (κ2) is 8.63. The number of tetrazole rings is 1. The van der Waals surface area contributed by atoms with E-state index in [0.717, 1.165) is 40.3 Å². The minimum absolute atomic E-state index is 0.0945. The number of allylic oxidation sites excluding steroid dienone is 1. The Morgan fingerprint density at radius 1 is 1.00 bits per heavy atom. The highest BCUT2D eigenvalue weighted by Crippen LogP contribution is 2.30. The minimum Gasteiger partial charge on any atom is -0.242 e. The standard InChI is InChI=1S/C24H27N7/c1-5-6-11-21-25-23(24(2,3)4)28-31(21)16-17-12-14-18(15-13-17)19-9-7-8-10-20(19)22-26-29-30-27-22/h6-15H,5,16H2,1-4H3,(H,26,27,29,30)/b11-6+. The van der Waals surface area contributed by atoms with Gasteiger partial charge < -0.3 is 0 Å². The van der Waals surface area contributed by atoms with Crippen molar-refractivity contribution in [2.45, 2.75) is 46.1 Å². The second-order valence-corrected chi connectivity index (χ2v) is 8.49. The number of H-pyrrole nitrogens is 1. The molecule has 4 rings (SSSR count). The average molecular weight is 414 g/mol. The van der Waals surface area contributed by atoms with Gasteiger partial charge in [0.25, 0.3) is 0 Å². The largest absolute Gasteiger partial charge is 0.242 e. The fourth-order valence-corrected chi connectivity index (χ4v) is 3.30. The summed E-state index contributed by atoms with van der Waals surface area (Å²) in [7, 11) is 0. The van der Waals surface area contributed by atoms with E-state index in [0.29, 0.717) is 12.4 Å².